The van der Waals surface area contributed by atoms with Gasteiger partial charge in [0.2, 0.25) is 58.9 Å². The first-order chi connectivity index (χ1) is 65.3. The molecule has 48 heteroatoms. The van der Waals surface area contributed by atoms with E-state index in [4.69, 9.17) is 14.4 Å². The van der Waals surface area contributed by atoms with Crippen LogP contribution >= 0.6 is 0 Å². The highest BCUT2D eigenvalue weighted by molar-refractivity contribution is 5.97. The number of nitrogens with one attached hydrogen (secondary N) is 8. The van der Waals surface area contributed by atoms with Crippen LogP contribution in [-0.2, 0) is 85.0 Å². The molecule has 4 aliphatic heterocycles. The van der Waals surface area contributed by atoms with Gasteiger partial charge < -0.3 is 108 Å². The summed E-state index contributed by atoms with van der Waals surface area (Å²) in [6, 6.07) is 10.4. The van der Waals surface area contributed by atoms with Gasteiger partial charge in [-0.15, -0.1) is 20.4 Å². The zero-order chi connectivity index (χ0) is 99.8. The number of esters is 1. The number of carboxylic acids is 1. The third kappa shape index (κ3) is 28.1. The van der Waals surface area contributed by atoms with Crippen LogP contribution in [0, 0.1) is 0 Å². The van der Waals surface area contributed by atoms with E-state index in [1.807, 2.05) is 52.0 Å². The molecule has 6 heterocycles. The molecule has 4 fully saturated rings. The molecule has 6 aromatic rings. The number of likely N-dealkylation sites (N-methyl/N-ethyl adjacent to an activating group) is 3. The summed E-state index contributed by atoms with van der Waals surface area (Å²) in [5, 5.41) is 122. The molecule has 4 aliphatic rings. The van der Waals surface area contributed by atoms with Gasteiger partial charge in [-0.3, -0.25) is 91.2 Å². The Labute approximate surface area is 789 Å². The molecule has 744 valence electrons. The van der Waals surface area contributed by atoms with Gasteiger partial charge in [-0.25, -0.2) is 14.5 Å². The predicted octanol–water partition coefficient (Wildman–Crippen LogP) is -3.15. The lowest BCUT2D eigenvalue weighted by Gasteiger charge is -2.36. The first kappa shape index (κ1) is 106. The summed E-state index contributed by atoms with van der Waals surface area (Å²) < 4.78 is 8.40. The standard InChI is InChI=1S/C89H123N23O25/c1-11-90-85(130)79-100-98-77(60-38-58(51(4)5)67(116)41-69(60)118)110(79)56-18-14-54(15-19-56)43-104-28-32-107(33-29-104)73(122)40-62(82(127)93-53(8)87(132)108-34-30-105(31-35-108)44-55-16-20-57(21-17-55)111-78(99-101-80(111)86(131)91-12-2)61-39-59(52(6)7)68(117)42-70(61)119)94-72(121)24-25-92-81(126)63(48-113)96-84(129)65(50-115)97-83(128)64(49-114)95-71(120)23-22-66(88(133)134)106(13-3)36-37-109-47-74(123)135-89(109)112-136-75(124)45-102(9)26-27-103(10)46-76(125)137-112/h14-21,38-39,41-42,51-53,62-66,89,113-119H,11-13,22-37,40,43-50H2,1-10H3,(H,90,130)(H,91,131)(H,92,126)(H,93,127)(H,94,121)(H,95,120)(H,96,129)(H,97,128)(H,133,134)/t53-,62+,63-,64-,65-,66-,89?/m1/s1. The number of phenols is 4. The van der Waals surface area contributed by atoms with Crippen molar-refractivity contribution in [1.82, 2.24) is 116 Å². The van der Waals surface area contributed by atoms with Gasteiger partial charge in [-0.2, -0.15) is 0 Å². The number of nitrogens with zero attached hydrogens (tertiary/aromatic N) is 15. The van der Waals surface area contributed by atoms with Gasteiger partial charge in [-0.1, -0.05) is 58.9 Å². The first-order valence-electron chi connectivity index (χ1n) is 45.2. The molecule has 0 radical (unpaired) electrons. The lowest BCUT2D eigenvalue weighted by atomic mass is 9.98. The van der Waals surface area contributed by atoms with Crippen LogP contribution in [0.4, 0.5) is 0 Å². The lowest BCUT2D eigenvalue weighted by molar-refractivity contribution is -0.391. The molecular formula is C89H123N23O25. The number of piperazine rings is 2. The average Bonchev–Trinajstić information content (AvgIpc) is 1.66. The minimum absolute atomic E-state index is 0.0420. The van der Waals surface area contributed by atoms with E-state index in [1.165, 1.54) is 42.9 Å². The number of hydroxylamine groups is 2. The molecule has 10 amide bonds. The van der Waals surface area contributed by atoms with Gasteiger partial charge in [0.05, 0.1) is 55.7 Å². The SMILES string of the molecule is CCNC(=O)c1nnc(-c2cc(C(C)C)c(O)cc2O)n1-c1ccc(CN2CCN(C(=O)C[C@H](NC(=O)CCNC(=O)[C@@H](CO)NC(=O)[C@@H](CO)NC(=O)[C@@H](CO)NC(=O)CC[C@H](C(=O)O)N(CC)CCN3CC(=O)OC3N3OC(=O)CN(C)CCN(C)CC(=O)O3)C(=O)N[C@H](C)C(=O)N3CCN(Cc4ccc(-n5c(C(=O)NCC)nnc5-c5cc(C(C)C)c(O)cc5O)cc4)CC3)CC2)cc1. The fourth-order valence-corrected chi connectivity index (χ4v) is 15.9. The molecule has 48 nitrogen and oxygen atoms in total. The van der Waals surface area contributed by atoms with Crippen molar-refractivity contribution in [3.8, 4) is 57.1 Å². The van der Waals surface area contributed by atoms with Crippen LogP contribution in [0.15, 0.2) is 72.8 Å². The zero-order valence-corrected chi connectivity index (χ0v) is 78.1. The number of carbonyl (C=O) groups is 14. The maximum atomic E-state index is 14.5. The molecule has 16 N–H and O–H groups in total. The molecule has 10 rings (SSSR count). The Morgan fingerprint density at radius 3 is 1.38 bits per heavy atom. The minimum Gasteiger partial charge on any atom is -0.508 e. The Morgan fingerprint density at radius 1 is 0.496 bits per heavy atom. The van der Waals surface area contributed by atoms with Crippen molar-refractivity contribution >= 4 is 82.9 Å². The lowest BCUT2D eigenvalue weighted by Crippen LogP contribution is -2.59. The van der Waals surface area contributed by atoms with Crippen LogP contribution in [0.1, 0.15) is 136 Å². The molecule has 4 aromatic carbocycles. The first-order valence-corrected chi connectivity index (χ1v) is 45.2. The summed E-state index contributed by atoms with van der Waals surface area (Å²) in [6.07, 6.45) is -3.69. The molecular weight excluding hydrogens is 1790 g/mol. The van der Waals surface area contributed by atoms with Gasteiger partial charge in [0.15, 0.2) is 11.6 Å². The van der Waals surface area contributed by atoms with E-state index in [1.54, 1.807) is 86.0 Å². The van der Waals surface area contributed by atoms with Crippen LogP contribution in [0.25, 0.3) is 34.2 Å². The highest BCUT2D eigenvalue weighted by Gasteiger charge is 2.44. The summed E-state index contributed by atoms with van der Waals surface area (Å²) in [6.45, 7) is 13.8. The molecule has 0 aliphatic carbocycles. The second-order valence-corrected chi connectivity index (χ2v) is 34.2. The zero-order valence-electron chi connectivity index (χ0n) is 78.1. The van der Waals surface area contributed by atoms with Crippen LogP contribution < -0.4 is 42.5 Å². The van der Waals surface area contributed by atoms with E-state index in [-0.39, 0.29) is 141 Å². The van der Waals surface area contributed by atoms with Crippen LogP contribution in [0.2, 0.25) is 0 Å². The van der Waals surface area contributed by atoms with Gasteiger partial charge in [-0.05, 0) is 118 Å². The fraction of sp³-hybridized carbons (Fsp3) is 0.528. The molecule has 137 heavy (non-hydrogen) atoms. The molecule has 0 bridgehead atoms. The number of aliphatic hydroxyl groups is 3. The van der Waals surface area contributed by atoms with Gasteiger partial charge in [0.25, 0.3) is 18.2 Å². The Hall–Kier alpha value is -13.5. The predicted molar refractivity (Wildman–Crippen MR) is 485 cm³/mol. The molecule has 7 atom stereocenters. The number of carboxylic acid groups (broad SMARTS) is 1. The number of cyclic esters (lactones) is 1. The van der Waals surface area contributed by atoms with Crippen molar-refractivity contribution in [3.05, 3.63) is 107 Å². The van der Waals surface area contributed by atoms with Crippen LogP contribution in [0.3, 0.4) is 0 Å². The number of hydrogen-bond acceptors (Lipinski definition) is 35. The fourth-order valence-electron chi connectivity index (χ4n) is 15.9. The molecule has 2 aromatic heterocycles. The summed E-state index contributed by atoms with van der Waals surface area (Å²) >= 11 is 0. The number of aliphatic hydroxyl groups excluding tert-OH is 3. The van der Waals surface area contributed by atoms with Crippen LogP contribution in [-0.4, -0.2) is 399 Å². The minimum atomic E-state index is -1.89. The Bertz CT molecular complexity index is 5270. The highest BCUT2D eigenvalue weighted by Crippen LogP contribution is 2.41. The van der Waals surface area contributed by atoms with Crippen LogP contribution in [0.5, 0.6) is 23.0 Å². The van der Waals surface area contributed by atoms with E-state index in [0.29, 0.717) is 86.6 Å². The smallest absolute Gasteiger partial charge is 0.343 e. The van der Waals surface area contributed by atoms with Crippen molar-refractivity contribution in [1.29, 1.82) is 0 Å². The summed E-state index contributed by atoms with van der Waals surface area (Å²) in [7, 11) is 3.31. The number of amides is 10. The van der Waals surface area contributed by atoms with E-state index >= 15 is 0 Å². The Kier molecular flexibility index (Phi) is 38.0. The van der Waals surface area contributed by atoms with E-state index < -0.39 is 178 Å². The van der Waals surface area contributed by atoms with Gasteiger partial charge in [0.1, 0.15) is 65.8 Å². The van der Waals surface area contributed by atoms with Gasteiger partial charge >= 0.3 is 23.9 Å². The number of ether oxygens (including phenoxy) is 1. The second-order valence-electron chi connectivity index (χ2n) is 34.2. The number of aromatic hydroxyl groups is 4. The topological polar surface area (TPSA) is 615 Å². The van der Waals surface area contributed by atoms with E-state index in [9.17, 15) is 108 Å². The monoisotopic (exact) mass is 1910 g/mol. The van der Waals surface area contributed by atoms with Gasteiger partial charge in [0, 0.05) is 148 Å². The van der Waals surface area contributed by atoms with E-state index in [2.05, 4.69) is 72.7 Å². The van der Waals surface area contributed by atoms with Crippen molar-refractivity contribution in [2.24, 2.45) is 0 Å². The molecule has 0 spiro atoms. The Morgan fingerprint density at radius 2 is 0.934 bits per heavy atom. The average molecular weight is 1920 g/mol. The number of rotatable bonds is 42. The quantitative estimate of drug-likeness (QED) is 0.0168. The Balaban J connectivity index is 0.741. The van der Waals surface area contributed by atoms with Crippen molar-refractivity contribution in [2.75, 3.05) is 158 Å². The van der Waals surface area contributed by atoms with E-state index in [0.717, 1.165) is 11.1 Å². The number of benzene rings is 4. The highest BCUT2D eigenvalue weighted by atomic mass is 17.0. The molecule has 0 saturated carbocycles. The number of aliphatic carboxylic acids is 1. The normalized spacial score (nSPS) is 17.1. The largest absolute Gasteiger partial charge is 0.508 e. The summed E-state index contributed by atoms with van der Waals surface area (Å²) in [5.74, 6) is -13.0. The summed E-state index contributed by atoms with van der Waals surface area (Å²) in [4.78, 5) is 213. The maximum Gasteiger partial charge on any atom is 0.343 e. The summed E-state index contributed by atoms with van der Waals surface area (Å²) in [5.41, 5.74) is 4.24. The number of hydrogen-bond donors (Lipinski definition) is 16. The number of phenolic OH excluding ortho intramolecular Hbond substituents is 4. The third-order valence-corrected chi connectivity index (χ3v) is 23.5. The third-order valence-electron chi connectivity index (χ3n) is 23.5. The molecule has 4 saturated heterocycles. The number of aromatic nitrogens is 6. The van der Waals surface area contributed by atoms with Crippen molar-refractivity contribution in [2.45, 2.75) is 149 Å². The van der Waals surface area contributed by atoms with Crippen molar-refractivity contribution in [3.63, 3.8) is 0 Å². The maximum absolute atomic E-state index is 14.5. The van der Waals surface area contributed by atoms with Crippen molar-refractivity contribution < 1.29 is 122 Å². The molecule has 1 unspecified atom stereocenters. The second kappa shape index (κ2) is 49.3. The number of carbonyl (C=O) groups excluding carboxylic acids is 13.